The van der Waals surface area contributed by atoms with Crippen molar-refractivity contribution in [2.24, 2.45) is 0 Å². The monoisotopic (exact) mass is 279 g/mol. The van der Waals surface area contributed by atoms with E-state index in [0.717, 1.165) is 6.42 Å². The smallest absolute Gasteiger partial charge is 0.321 e. The fourth-order valence-electron chi connectivity index (χ4n) is 1.75. The number of nitrogens with zero attached hydrogens (tertiary/aromatic N) is 1. The molecule has 0 fully saturated rings. The number of amides is 3. The largest absolute Gasteiger partial charge is 0.395 e. The third kappa shape index (κ3) is 5.27. The van der Waals surface area contributed by atoms with Crippen LogP contribution in [0.25, 0.3) is 0 Å². The molecule has 0 aliphatic carbocycles. The maximum Gasteiger partial charge on any atom is 0.321 e. The molecule has 0 spiro atoms. The highest BCUT2D eigenvalue weighted by Gasteiger charge is 2.11. The lowest BCUT2D eigenvalue weighted by atomic mass is 10.3. The summed E-state index contributed by atoms with van der Waals surface area (Å²) in [4.78, 5) is 24.4. The summed E-state index contributed by atoms with van der Waals surface area (Å²) in [6.07, 6.45) is 0.828. The Morgan fingerprint density at radius 2 is 1.65 bits per heavy atom. The molecular weight excluding hydrogens is 258 g/mol. The number of carbonyl (C=O) groups is 2. The molecule has 0 aliphatic rings. The van der Waals surface area contributed by atoms with Gasteiger partial charge in [-0.15, -0.1) is 0 Å². The standard InChI is InChI=1S/C14H21N3O3/c1-3-8-17(9-10-18)14(20)16-13-6-4-12(5-7-13)15-11(2)19/h4-7,18H,3,8-10H2,1-2H3,(H,15,19)(H,16,20). The first kappa shape index (κ1) is 16.0. The van der Waals surface area contributed by atoms with Gasteiger partial charge in [0, 0.05) is 31.4 Å². The Hall–Kier alpha value is -2.08. The van der Waals surface area contributed by atoms with Crippen LogP contribution in [-0.2, 0) is 4.79 Å². The topological polar surface area (TPSA) is 81.7 Å². The molecule has 6 nitrogen and oxygen atoms in total. The van der Waals surface area contributed by atoms with Gasteiger partial charge in [-0.1, -0.05) is 6.92 Å². The Morgan fingerprint density at radius 3 is 2.10 bits per heavy atom. The number of carbonyl (C=O) groups excluding carboxylic acids is 2. The first-order valence-corrected chi connectivity index (χ1v) is 6.61. The number of urea groups is 1. The molecule has 3 N–H and O–H groups in total. The lowest BCUT2D eigenvalue weighted by Crippen LogP contribution is -2.37. The maximum absolute atomic E-state index is 12.0. The molecule has 6 heteroatoms. The van der Waals surface area contributed by atoms with Crippen molar-refractivity contribution in [2.45, 2.75) is 20.3 Å². The number of hydrogen-bond donors (Lipinski definition) is 3. The number of rotatable bonds is 6. The van der Waals surface area contributed by atoms with Gasteiger partial charge in [-0.3, -0.25) is 4.79 Å². The minimum atomic E-state index is -0.242. The predicted molar refractivity (Wildman–Crippen MR) is 78.7 cm³/mol. The molecule has 1 rings (SSSR count). The summed E-state index contributed by atoms with van der Waals surface area (Å²) >= 11 is 0. The van der Waals surface area contributed by atoms with Crippen LogP contribution in [0.1, 0.15) is 20.3 Å². The van der Waals surface area contributed by atoms with Gasteiger partial charge < -0.3 is 20.6 Å². The quantitative estimate of drug-likeness (QED) is 0.743. The third-order valence-electron chi connectivity index (χ3n) is 2.61. The van der Waals surface area contributed by atoms with E-state index in [0.29, 0.717) is 24.5 Å². The number of benzene rings is 1. The Morgan fingerprint density at radius 1 is 1.10 bits per heavy atom. The van der Waals surface area contributed by atoms with E-state index >= 15 is 0 Å². The van der Waals surface area contributed by atoms with Gasteiger partial charge in [0.05, 0.1) is 6.61 Å². The Bertz CT molecular complexity index is 439. The molecule has 20 heavy (non-hydrogen) atoms. The molecule has 0 unspecified atom stereocenters. The molecule has 0 radical (unpaired) electrons. The Labute approximate surface area is 118 Å². The first-order chi connectivity index (χ1) is 9.56. The molecule has 1 aromatic carbocycles. The van der Waals surface area contributed by atoms with Gasteiger partial charge in [0.2, 0.25) is 5.91 Å². The van der Waals surface area contributed by atoms with E-state index in [2.05, 4.69) is 10.6 Å². The zero-order chi connectivity index (χ0) is 15.0. The van der Waals surface area contributed by atoms with Gasteiger partial charge >= 0.3 is 6.03 Å². The number of aliphatic hydroxyl groups is 1. The second-order valence-electron chi connectivity index (χ2n) is 4.40. The Balaban J connectivity index is 2.62. The average Bonchev–Trinajstić information content (AvgIpc) is 2.40. The summed E-state index contributed by atoms with van der Waals surface area (Å²) in [7, 11) is 0. The molecule has 3 amide bonds. The van der Waals surface area contributed by atoms with Crippen LogP contribution < -0.4 is 10.6 Å². The van der Waals surface area contributed by atoms with Crippen LogP contribution in [0.4, 0.5) is 16.2 Å². The van der Waals surface area contributed by atoms with Crippen molar-refractivity contribution in [3.05, 3.63) is 24.3 Å². The summed E-state index contributed by atoms with van der Waals surface area (Å²) in [6, 6.07) is 6.62. The molecule has 0 heterocycles. The minimum Gasteiger partial charge on any atom is -0.395 e. The van der Waals surface area contributed by atoms with Gasteiger partial charge in [-0.2, -0.15) is 0 Å². The number of hydrogen-bond acceptors (Lipinski definition) is 3. The van der Waals surface area contributed by atoms with Crippen molar-refractivity contribution in [3.8, 4) is 0 Å². The molecule has 0 aromatic heterocycles. The third-order valence-corrected chi connectivity index (χ3v) is 2.61. The SMILES string of the molecule is CCCN(CCO)C(=O)Nc1ccc(NC(C)=O)cc1. The highest BCUT2D eigenvalue weighted by molar-refractivity contribution is 5.91. The van der Waals surface area contributed by atoms with Gasteiger partial charge in [-0.25, -0.2) is 4.79 Å². The van der Waals surface area contributed by atoms with E-state index in [-0.39, 0.29) is 18.5 Å². The predicted octanol–water partition coefficient (Wildman–Crippen LogP) is 1.88. The van der Waals surface area contributed by atoms with Gasteiger partial charge in [-0.05, 0) is 30.7 Å². The fourth-order valence-corrected chi connectivity index (χ4v) is 1.75. The van der Waals surface area contributed by atoms with Crippen LogP contribution in [0.15, 0.2) is 24.3 Å². The van der Waals surface area contributed by atoms with Gasteiger partial charge in [0.25, 0.3) is 0 Å². The van der Waals surface area contributed by atoms with E-state index in [4.69, 9.17) is 5.11 Å². The van der Waals surface area contributed by atoms with Crippen LogP contribution in [0.2, 0.25) is 0 Å². The number of nitrogens with one attached hydrogen (secondary N) is 2. The Kier molecular flexibility index (Phi) is 6.52. The highest BCUT2D eigenvalue weighted by atomic mass is 16.3. The molecule has 0 aliphatic heterocycles. The van der Waals surface area contributed by atoms with Crippen LogP contribution >= 0.6 is 0 Å². The van der Waals surface area contributed by atoms with E-state index in [1.807, 2.05) is 6.92 Å². The van der Waals surface area contributed by atoms with E-state index < -0.39 is 0 Å². The highest BCUT2D eigenvalue weighted by Crippen LogP contribution is 2.14. The van der Waals surface area contributed by atoms with Gasteiger partial charge in [0.1, 0.15) is 0 Å². The van der Waals surface area contributed by atoms with E-state index in [1.165, 1.54) is 6.92 Å². The van der Waals surface area contributed by atoms with Crippen molar-refractivity contribution < 1.29 is 14.7 Å². The van der Waals surface area contributed by atoms with Crippen molar-refractivity contribution >= 4 is 23.3 Å². The van der Waals surface area contributed by atoms with Crippen molar-refractivity contribution in [1.82, 2.24) is 4.90 Å². The maximum atomic E-state index is 12.0. The summed E-state index contributed by atoms with van der Waals surface area (Å²) in [6.45, 7) is 4.25. The summed E-state index contributed by atoms with van der Waals surface area (Å²) in [5.74, 6) is -0.140. The van der Waals surface area contributed by atoms with Crippen molar-refractivity contribution in [3.63, 3.8) is 0 Å². The zero-order valence-corrected chi connectivity index (χ0v) is 11.8. The van der Waals surface area contributed by atoms with Crippen LogP contribution in [-0.4, -0.2) is 41.6 Å². The van der Waals surface area contributed by atoms with Crippen LogP contribution in [0.5, 0.6) is 0 Å². The lowest BCUT2D eigenvalue weighted by molar-refractivity contribution is -0.114. The average molecular weight is 279 g/mol. The molecular formula is C14H21N3O3. The second kappa shape index (κ2) is 8.16. The van der Waals surface area contributed by atoms with Crippen LogP contribution in [0, 0.1) is 0 Å². The molecule has 1 aromatic rings. The molecule has 0 saturated carbocycles. The van der Waals surface area contributed by atoms with E-state index in [1.54, 1.807) is 29.2 Å². The van der Waals surface area contributed by atoms with Crippen LogP contribution in [0.3, 0.4) is 0 Å². The molecule has 0 bridgehead atoms. The molecule has 110 valence electrons. The molecule has 0 atom stereocenters. The fraction of sp³-hybridized carbons (Fsp3) is 0.429. The van der Waals surface area contributed by atoms with Crippen molar-refractivity contribution in [1.29, 1.82) is 0 Å². The summed E-state index contributed by atoms with van der Waals surface area (Å²) in [5.41, 5.74) is 1.32. The number of aliphatic hydroxyl groups excluding tert-OH is 1. The molecule has 0 saturated heterocycles. The second-order valence-corrected chi connectivity index (χ2v) is 4.40. The minimum absolute atomic E-state index is 0.0606. The van der Waals surface area contributed by atoms with Crippen molar-refractivity contribution in [2.75, 3.05) is 30.3 Å². The summed E-state index contributed by atoms with van der Waals surface area (Å²) in [5, 5.41) is 14.3. The van der Waals surface area contributed by atoms with Gasteiger partial charge in [0.15, 0.2) is 0 Å². The summed E-state index contributed by atoms with van der Waals surface area (Å²) < 4.78 is 0. The normalized spacial score (nSPS) is 9.95. The zero-order valence-electron chi connectivity index (χ0n) is 11.8. The lowest BCUT2D eigenvalue weighted by Gasteiger charge is -2.21. The first-order valence-electron chi connectivity index (χ1n) is 6.61. The van der Waals surface area contributed by atoms with E-state index in [9.17, 15) is 9.59 Å². The number of anilines is 2.